The number of nitrogens with zero attached hydrogens (tertiary/aromatic N) is 4. The lowest BCUT2D eigenvalue weighted by molar-refractivity contribution is -0.141. The third kappa shape index (κ3) is 5.33. The molecule has 4 rings (SSSR count). The van der Waals surface area contributed by atoms with E-state index in [9.17, 15) is 18.0 Å². The maximum Gasteiger partial charge on any atom is 0.435 e. The number of thiophene rings is 1. The minimum atomic E-state index is -4.48. The van der Waals surface area contributed by atoms with Crippen LogP contribution in [0.3, 0.4) is 0 Å². The number of nitrogens with one attached hydrogen (secondary N) is 1. The summed E-state index contributed by atoms with van der Waals surface area (Å²) in [5.74, 6) is -0.292. The molecule has 3 heterocycles. The number of aromatic nitrogens is 4. The quantitative estimate of drug-likeness (QED) is 0.427. The molecular weight excluding hydrogens is 451 g/mol. The molecule has 1 N–H and O–H groups in total. The van der Waals surface area contributed by atoms with Gasteiger partial charge in [0.1, 0.15) is 0 Å². The molecule has 6 nitrogen and oxygen atoms in total. The monoisotopic (exact) mass is 465 g/mol. The molecule has 0 aliphatic carbocycles. The molecule has 0 saturated carbocycles. The van der Waals surface area contributed by atoms with Gasteiger partial charge < -0.3 is 5.32 Å². The molecule has 160 valence electrons. The van der Waals surface area contributed by atoms with E-state index < -0.39 is 11.9 Å². The predicted molar refractivity (Wildman–Crippen MR) is 111 cm³/mol. The first kappa shape index (κ1) is 21.1. The Bertz CT molecular complexity index is 1200. The van der Waals surface area contributed by atoms with Crippen LogP contribution in [-0.2, 0) is 19.3 Å². The number of halogens is 4. The number of hydrogen-bond donors (Lipinski definition) is 1. The van der Waals surface area contributed by atoms with Gasteiger partial charge in [0.25, 0.3) is 5.91 Å². The molecule has 0 aliphatic rings. The van der Waals surface area contributed by atoms with Gasteiger partial charge in [-0.3, -0.25) is 14.2 Å². The van der Waals surface area contributed by atoms with Gasteiger partial charge in [-0.25, -0.2) is 0 Å². The summed E-state index contributed by atoms with van der Waals surface area (Å²) in [5.41, 5.74) is 1.37. The fourth-order valence-corrected chi connectivity index (χ4v) is 3.82. The third-order valence-corrected chi connectivity index (χ3v) is 5.48. The van der Waals surface area contributed by atoms with Crippen LogP contribution in [0, 0.1) is 0 Å². The summed E-state index contributed by atoms with van der Waals surface area (Å²) in [6.07, 6.45) is 0.0662. The highest BCUT2D eigenvalue weighted by Crippen LogP contribution is 2.27. The van der Waals surface area contributed by atoms with Crippen LogP contribution < -0.4 is 5.32 Å². The number of carbonyl (C=O) groups is 1. The van der Waals surface area contributed by atoms with Crippen molar-refractivity contribution in [3.8, 4) is 0 Å². The molecule has 1 amide bonds. The molecule has 0 bridgehead atoms. The Balaban J connectivity index is 1.36. The summed E-state index contributed by atoms with van der Waals surface area (Å²) in [4.78, 5) is 12.9. The van der Waals surface area contributed by atoms with E-state index in [-0.39, 0.29) is 12.5 Å². The molecule has 0 fully saturated rings. The third-order valence-electron chi connectivity index (χ3n) is 4.31. The maximum atomic E-state index is 12.7. The first-order chi connectivity index (χ1) is 14.8. The van der Waals surface area contributed by atoms with Gasteiger partial charge in [0.2, 0.25) is 0 Å². The number of anilines is 1. The van der Waals surface area contributed by atoms with Crippen molar-refractivity contribution in [2.24, 2.45) is 0 Å². The minimum absolute atomic E-state index is 0.145. The van der Waals surface area contributed by atoms with Crippen LogP contribution in [0.2, 0.25) is 5.02 Å². The van der Waals surface area contributed by atoms with Gasteiger partial charge in [0.05, 0.1) is 29.2 Å². The van der Waals surface area contributed by atoms with Crippen LogP contribution in [0.5, 0.6) is 0 Å². The number of amides is 1. The molecule has 0 spiro atoms. The molecule has 3 aromatic heterocycles. The highest BCUT2D eigenvalue weighted by molar-refractivity contribution is 7.12. The molecule has 0 radical (unpaired) electrons. The number of alkyl halides is 3. The largest absolute Gasteiger partial charge is 0.435 e. The van der Waals surface area contributed by atoms with Crippen molar-refractivity contribution in [3.63, 3.8) is 0 Å². The Morgan fingerprint density at radius 1 is 1.10 bits per heavy atom. The summed E-state index contributed by atoms with van der Waals surface area (Å²) < 4.78 is 40.9. The van der Waals surface area contributed by atoms with Crippen LogP contribution in [-0.4, -0.2) is 25.5 Å². The van der Waals surface area contributed by atoms with Crippen LogP contribution in [0.4, 0.5) is 18.9 Å². The number of hydrogen-bond acceptors (Lipinski definition) is 4. The van der Waals surface area contributed by atoms with Gasteiger partial charge in [-0.1, -0.05) is 23.7 Å². The zero-order valence-electron chi connectivity index (χ0n) is 15.8. The van der Waals surface area contributed by atoms with Crippen LogP contribution >= 0.6 is 22.9 Å². The Morgan fingerprint density at radius 3 is 2.48 bits per heavy atom. The van der Waals surface area contributed by atoms with Crippen molar-refractivity contribution in [2.75, 3.05) is 5.32 Å². The Morgan fingerprint density at radius 2 is 1.84 bits per heavy atom. The topological polar surface area (TPSA) is 64.7 Å². The predicted octanol–water partition coefficient (Wildman–Crippen LogP) is 5.16. The minimum Gasteiger partial charge on any atom is -0.321 e. The van der Waals surface area contributed by atoms with Crippen molar-refractivity contribution < 1.29 is 18.0 Å². The molecule has 4 aromatic rings. The van der Waals surface area contributed by atoms with Crippen molar-refractivity contribution >= 4 is 34.5 Å². The first-order valence-electron chi connectivity index (χ1n) is 9.02. The summed E-state index contributed by atoms with van der Waals surface area (Å²) in [6, 6.07) is 9.89. The van der Waals surface area contributed by atoms with Crippen LogP contribution in [0.25, 0.3) is 0 Å². The Kier molecular flexibility index (Phi) is 5.84. The molecule has 0 aliphatic heterocycles. The second-order valence-corrected chi connectivity index (χ2v) is 8.07. The molecule has 11 heteroatoms. The van der Waals surface area contributed by atoms with Gasteiger partial charge in [0, 0.05) is 18.1 Å². The van der Waals surface area contributed by atoms with Gasteiger partial charge in [-0.15, -0.1) is 11.3 Å². The molecule has 0 unspecified atom stereocenters. The zero-order valence-corrected chi connectivity index (χ0v) is 17.4. The normalized spacial score (nSPS) is 11.6. The van der Waals surface area contributed by atoms with Crippen LogP contribution in [0.1, 0.15) is 26.5 Å². The summed E-state index contributed by atoms with van der Waals surface area (Å²) in [5, 5.41) is 12.7. The molecular formula is C20H15ClF3N5OS. The van der Waals surface area contributed by atoms with Gasteiger partial charge in [0.15, 0.2) is 5.69 Å². The molecule has 0 saturated heterocycles. The summed E-state index contributed by atoms with van der Waals surface area (Å²) >= 11 is 7.07. The highest BCUT2D eigenvalue weighted by atomic mass is 35.5. The fourth-order valence-electron chi connectivity index (χ4n) is 2.86. The van der Waals surface area contributed by atoms with E-state index >= 15 is 0 Å². The highest BCUT2D eigenvalue weighted by Gasteiger charge is 2.33. The van der Waals surface area contributed by atoms with E-state index in [0.29, 0.717) is 27.7 Å². The van der Waals surface area contributed by atoms with E-state index in [4.69, 9.17) is 11.6 Å². The average Bonchev–Trinajstić information content (AvgIpc) is 3.45. The number of carbonyl (C=O) groups excluding carboxylic acids is 1. The van der Waals surface area contributed by atoms with Crippen molar-refractivity contribution in [1.82, 2.24) is 19.6 Å². The lowest BCUT2D eigenvalue weighted by Crippen LogP contribution is -2.10. The smallest absolute Gasteiger partial charge is 0.321 e. The van der Waals surface area contributed by atoms with Gasteiger partial charge in [-0.05, 0) is 40.8 Å². The van der Waals surface area contributed by atoms with Crippen molar-refractivity contribution in [1.29, 1.82) is 0 Å². The van der Waals surface area contributed by atoms with Gasteiger partial charge in [-0.2, -0.15) is 23.4 Å². The SMILES string of the molecule is O=C(Nc1ccc(Cn2cc(Cl)cn2)cc1)c1cc(Cn2ccc(C(F)(F)F)n2)cs1. The van der Waals surface area contributed by atoms with E-state index in [1.807, 2.05) is 12.1 Å². The van der Waals surface area contributed by atoms with E-state index in [1.54, 1.807) is 40.7 Å². The van der Waals surface area contributed by atoms with Crippen molar-refractivity contribution in [3.05, 3.63) is 87.1 Å². The second-order valence-electron chi connectivity index (χ2n) is 6.72. The standard InChI is InChI=1S/C20H15ClF3N5OS/c21-15-8-25-29(11-15)9-13-1-3-16(4-2-13)26-19(30)17-7-14(12-31-17)10-28-6-5-18(27-28)20(22,23)24/h1-8,11-12H,9-10H2,(H,26,30). The zero-order chi connectivity index (χ0) is 22.0. The second kappa shape index (κ2) is 8.56. The molecule has 31 heavy (non-hydrogen) atoms. The fraction of sp³-hybridized carbons (Fsp3) is 0.150. The molecule has 1 aromatic carbocycles. The Hall–Kier alpha value is -3.11. The lowest BCUT2D eigenvalue weighted by Gasteiger charge is -2.06. The maximum absolute atomic E-state index is 12.7. The van der Waals surface area contributed by atoms with Gasteiger partial charge >= 0.3 is 6.18 Å². The number of benzene rings is 1. The van der Waals surface area contributed by atoms with Crippen LogP contribution in [0.15, 0.2) is 60.4 Å². The van der Waals surface area contributed by atoms with E-state index in [0.717, 1.165) is 11.6 Å². The average molecular weight is 466 g/mol. The lowest BCUT2D eigenvalue weighted by atomic mass is 10.2. The first-order valence-corrected chi connectivity index (χ1v) is 10.3. The summed E-state index contributed by atoms with van der Waals surface area (Å²) in [6.45, 7) is 0.699. The van der Waals surface area contributed by atoms with Crippen molar-refractivity contribution in [2.45, 2.75) is 19.3 Å². The summed E-state index contributed by atoms with van der Waals surface area (Å²) in [7, 11) is 0. The van der Waals surface area contributed by atoms with E-state index in [2.05, 4.69) is 15.5 Å². The van der Waals surface area contributed by atoms with E-state index in [1.165, 1.54) is 22.2 Å². The number of rotatable bonds is 6. The molecule has 0 atom stereocenters. The Labute approximate surface area is 183 Å².